The zero-order chi connectivity index (χ0) is 25.4. The van der Waals surface area contributed by atoms with E-state index >= 15 is 0 Å². The zero-order valence-electron chi connectivity index (χ0n) is 20.6. The van der Waals surface area contributed by atoms with Crippen molar-refractivity contribution >= 4 is 18.1 Å². The summed E-state index contributed by atoms with van der Waals surface area (Å²) in [5.74, 6) is -3.97. The Morgan fingerprint density at radius 3 is 2.41 bits per heavy atom. The number of carbonyl (C=O) groups excluding carboxylic acids is 2. The predicted octanol–water partition coefficient (Wildman–Crippen LogP) is 3.42. The van der Waals surface area contributed by atoms with Gasteiger partial charge in [-0.25, -0.2) is 18.8 Å². The number of ether oxygens (including phenoxy) is 4. The number of hydrogen-bond acceptors (Lipinski definition) is 8. The van der Waals surface area contributed by atoms with Crippen molar-refractivity contribution < 1.29 is 42.8 Å². The number of carboxylic acid groups (broad SMARTS) is 1. The summed E-state index contributed by atoms with van der Waals surface area (Å²) in [6.45, 7) is 9.74. The molecule has 3 aliphatic rings. The summed E-state index contributed by atoms with van der Waals surface area (Å²) in [6, 6.07) is 0. The Morgan fingerprint density at radius 1 is 1.15 bits per heavy atom. The number of esters is 1. The molecule has 34 heavy (non-hydrogen) atoms. The Hall–Kier alpha value is -1.94. The quantitative estimate of drug-likeness (QED) is 0.370. The monoisotopic (exact) mass is 487 g/mol. The van der Waals surface area contributed by atoms with Crippen molar-refractivity contribution in [1.29, 1.82) is 0 Å². The Kier molecular flexibility index (Phi) is 7.82. The van der Waals surface area contributed by atoms with Gasteiger partial charge in [-0.05, 0) is 43.4 Å². The first-order chi connectivity index (χ1) is 15.9. The third-order valence-electron chi connectivity index (χ3n) is 7.75. The predicted molar refractivity (Wildman–Crippen MR) is 118 cm³/mol. The first-order valence-electron chi connectivity index (χ1n) is 12.3. The van der Waals surface area contributed by atoms with Gasteiger partial charge in [0.2, 0.25) is 12.0 Å². The summed E-state index contributed by atoms with van der Waals surface area (Å²) in [7, 11) is 0. The SMILES string of the molecule is CCCO[C@@H]1C[C@@H]2[C@H]([C@]1(N)C(=O)O[C@@H](C)OC(=O)O[C@@H]1C[C@H](C)CC[C@H]1C(C)C)[C@@]2(F)C(=O)O. The van der Waals surface area contributed by atoms with E-state index in [-0.39, 0.29) is 25.0 Å². The molecular weight excluding hydrogens is 449 g/mol. The molecule has 194 valence electrons. The van der Waals surface area contributed by atoms with Crippen LogP contribution in [0.3, 0.4) is 0 Å². The van der Waals surface area contributed by atoms with E-state index in [2.05, 4.69) is 20.8 Å². The number of alkyl halides is 1. The number of rotatable bonds is 9. The number of carbonyl (C=O) groups is 3. The maximum Gasteiger partial charge on any atom is 0.511 e. The summed E-state index contributed by atoms with van der Waals surface area (Å²) in [6.07, 6.45) is -0.132. The van der Waals surface area contributed by atoms with Crippen LogP contribution in [0.25, 0.3) is 0 Å². The van der Waals surface area contributed by atoms with Gasteiger partial charge in [-0.3, -0.25) is 0 Å². The molecule has 0 heterocycles. The Bertz CT molecular complexity index is 793. The van der Waals surface area contributed by atoms with Gasteiger partial charge in [0.05, 0.1) is 6.10 Å². The largest absolute Gasteiger partial charge is 0.511 e. The van der Waals surface area contributed by atoms with Crippen molar-refractivity contribution in [2.45, 2.75) is 96.4 Å². The molecule has 3 saturated carbocycles. The van der Waals surface area contributed by atoms with Crippen LogP contribution < -0.4 is 5.73 Å². The third kappa shape index (κ3) is 4.76. The minimum Gasteiger partial charge on any atom is -0.479 e. The molecule has 9 nitrogen and oxygen atoms in total. The first kappa shape index (κ1) is 26.7. The molecule has 0 spiro atoms. The van der Waals surface area contributed by atoms with E-state index in [1.54, 1.807) is 0 Å². The topological polar surface area (TPSA) is 134 Å². The van der Waals surface area contributed by atoms with E-state index in [0.29, 0.717) is 18.3 Å². The smallest absolute Gasteiger partial charge is 0.479 e. The minimum absolute atomic E-state index is 0.00714. The van der Waals surface area contributed by atoms with Gasteiger partial charge < -0.3 is 29.8 Å². The van der Waals surface area contributed by atoms with Crippen LogP contribution in [0.4, 0.5) is 9.18 Å². The van der Waals surface area contributed by atoms with Crippen LogP contribution in [0.1, 0.15) is 66.7 Å². The number of halogens is 1. The average molecular weight is 488 g/mol. The maximum atomic E-state index is 15.0. The number of fused-ring (bicyclic) bond motifs is 1. The van der Waals surface area contributed by atoms with Gasteiger partial charge in [0.15, 0.2) is 0 Å². The second-order valence-electron chi connectivity index (χ2n) is 10.5. The standard InChI is InChI=1S/C24H38FNO8/c1-6-9-31-18-11-16-19(23(16,25)20(27)28)24(18,26)21(29)32-14(5)33-22(30)34-17-10-13(4)7-8-15(17)12(2)3/h12-19H,6-11,26H2,1-5H3,(H,27,28)/t13-,14-,15+,16-,17-,18-,19+,23-,24+/m1/s1. The lowest BCUT2D eigenvalue weighted by Crippen LogP contribution is -2.61. The molecule has 0 aromatic heterocycles. The van der Waals surface area contributed by atoms with Crippen molar-refractivity contribution in [3.05, 3.63) is 0 Å². The van der Waals surface area contributed by atoms with E-state index in [1.807, 2.05) is 6.92 Å². The van der Waals surface area contributed by atoms with Gasteiger partial charge in [0, 0.05) is 25.4 Å². The molecule has 3 rings (SSSR count). The van der Waals surface area contributed by atoms with Crippen molar-refractivity contribution in [1.82, 2.24) is 0 Å². The molecule has 3 fully saturated rings. The molecule has 0 unspecified atom stereocenters. The minimum atomic E-state index is -2.60. The highest BCUT2D eigenvalue weighted by Gasteiger charge is 2.85. The fraction of sp³-hybridized carbons (Fsp3) is 0.875. The summed E-state index contributed by atoms with van der Waals surface area (Å²) in [4.78, 5) is 36.9. The van der Waals surface area contributed by atoms with Crippen LogP contribution in [-0.2, 0) is 28.5 Å². The lowest BCUT2D eigenvalue weighted by atomic mass is 9.75. The average Bonchev–Trinajstić information content (AvgIpc) is 3.21. The van der Waals surface area contributed by atoms with Crippen LogP contribution in [0, 0.1) is 29.6 Å². The summed E-state index contributed by atoms with van der Waals surface area (Å²) < 4.78 is 36.6. The highest BCUT2D eigenvalue weighted by Crippen LogP contribution is 2.67. The van der Waals surface area contributed by atoms with E-state index in [9.17, 15) is 23.9 Å². The summed E-state index contributed by atoms with van der Waals surface area (Å²) >= 11 is 0. The Balaban J connectivity index is 1.63. The third-order valence-corrected chi connectivity index (χ3v) is 7.75. The number of carboxylic acids is 1. The normalized spacial score (nSPS) is 39.8. The van der Waals surface area contributed by atoms with Gasteiger partial charge in [-0.2, -0.15) is 0 Å². The second kappa shape index (κ2) is 9.97. The highest BCUT2D eigenvalue weighted by atomic mass is 19.1. The molecule has 3 N–H and O–H groups in total. The van der Waals surface area contributed by atoms with Crippen molar-refractivity contribution in [2.75, 3.05) is 6.61 Å². The molecule has 0 aliphatic heterocycles. The molecule has 10 heteroatoms. The molecule has 9 atom stereocenters. The van der Waals surface area contributed by atoms with E-state index in [0.717, 1.165) is 19.3 Å². The Morgan fingerprint density at radius 2 is 1.82 bits per heavy atom. The van der Waals surface area contributed by atoms with Gasteiger partial charge in [-0.15, -0.1) is 0 Å². The van der Waals surface area contributed by atoms with Crippen LogP contribution in [0.5, 0.6) is 0 Å². The number of nitrogens with two attached hydrogens (primary N) is 1. The van der Waals surface area contributed by atoms with Gasteiger partial charge in [-0.1, -0.05) is 34.1 Å². The summed E-state index contributed by atoms with van der Waals surface area (Å²) in [5, 5.41) is 9.32. The van der Waals surface area contributed by atoms with Gasteiger partial charge in [0.1, 0.15) is 11.6 Å². The first-order valence-corrected chi connectivity index (χ1v) is 12.3. The van der Waals surface area contributed by atoms with E-state index in [1.165, 1.54) is 6.92 Å². The van der Waals surface area contributed by atoms with E-state index in [4.69, 9.17) is 24.7 Å². The molecule has 0 amide bonds. The fourth-order valence-corrected chi connectivity index (χ4v) is 5.87. The summed E-state index contributed by atoms with van der Waals surface area (Å²) in [5.41, 5.74) is 1.70. The number of aliphatic carboxylic acids is 1. The van der Waals surface area contributed by atoms with Gasteiger partial charge in [0.25, 0.3) is 0 Å². The maximum absolute atomic E-state index is 15.0. The second-order valence-corrected chi connectivity index (χ2v) is 10.5. The van der Waals surface area contributed by atoms with Crippen LogP contribution in [0.15, 0.2) is 0 Å². The number of hydrogen-bond donors (Lipinski definition) is 2. The molecule has 0 saturated heterocycles. The van der Waals surface area contributed by atoms with Crippen molar-refractivity contribution in [2.24, 2.45) is 35.3 Å². The lowest BCUT2D eigenvalue weighted by molar-refractivity contribution is -0.183. The zero-order valence-corrected chi connectivity index (χ0v) is 20.6. The molecule has 0 aromatic rings. The molecule has 0 radical (unpaired) electrons. The van der Waals surface area contributed by atoms with Crippen LogP contribution in [-0.4, -0.2) is 59.5 Å². The van der Waals surface area contributed by atoms with Gasteiger partial charge >= 0.3 is 18.1 Å². The van der Waals surface area contributed by atoms with E-state index < -0.39 is 53.5 Å². The molecular formula is C24H38FNO8. The van der Waals surface area contributed by atoms with Crippen LogP contribution in [0.2, 0.25) is 0 Å². The Labute approximate surface area is 199 Å². The lowest BCUT2D eigenvalue weighted by Gasteiger charge is -2.36. The van der Waals surface area contributed by atoms with Crippen molar-refractivity contribution in [3.8, 4) is 0 Å². The highest BCUT2D eigenvalue weighted by molar-refractivity contribution is 5.91. The molecule has 0 bridgehead atoms. The van der Waals surface area contributed by atoms with Crippen molar-refractivity contribution in [3.63, 3.8) is 0 Å². The fourth-order valence-electron chi connectivity index (χ4n) is 5.87. The molecule has 3 aliphatic carbocycles. The molecule has 0 aromatic carbocycles. The van der Waals surface area contributed by atoms with Crippen LogP contribution >= 0.6 is 0 Å².